The zero-order chi connectivity index (χ0) is 8.97. The van der Waals surface area contributed by atoms with Crippen LogP contribution in [0.5, 0.6) is 0 Å². The van der Waals surface area contributed by atoms with E-state index in [2.05, 4.69) is 10.8 Å². The van der Waals surface area contributed by atoms with Crippen LogP contribution in [0.25, 0.3) is 0 Å². The maximum atomic E-state index is 10.9. The molecule has 0 aliphatic heterocycles. The largest absolute Gasteiger partial charge is 0.338 e. The second kappa shape index (κ2) is 4.30. The fourth-order valence-corrected chi connectivity index (χ4v) is 0.716. The first-order chi connectivity index (χ1) is 5.68. The quantitative estimate of drug-likeness (QED) is 0.622. The Balaban J connectivity index is 1.94. The normalized spacial score (nSPS) is 16.2. The maximum absolute atomic E-state index is 10.9. The van der Waals surface area contributed by atoms with Crippen LogP contribution in [0.3, 0.4) is 0 Å². The average molecular weight is 172 g/mol. The Kier molecular flexibility index (Phi) is 3.34. The Morgan fingerprint density at radius 2 is 2.25 bits per heavy atom. The van der Waals surface area contributed by atoms with Gasteiger partial charge in [0.15, 0.2) is 0 Å². The molecule has 70 valence electrons. The van der Waals surface area contributed by atoms with E-state index in [-0.39, 0.29) is 6.03 Å². The van der Waals surface area contributed by atoms with Crippen LogP contribution in [0.2, 0.25) is 0 Å². The summed E-state index contributed by atoms with van der Waals surface area (Å²) in [6.45, 7) is 4.61. The highest BCUT2D eigenvalue weighted by Crippen LogP contribution is 2.18. The van der Waals surface area contributed by atoms with Crippen LogP contribution in [-0.4, -0.2) is 18.7 Å². The lowest BCUT2D eigenvalue weighted by Gasteiger charge is -2.08. The summed E-state index contributed by atoms with van der Waals surface area (Å²) in [4.78, 5) is 15.9. The van der Waals surface area contributed by atoms with Gasteiger partial charge in [0.25, 0.3) is 0 Å². The predicted octanol–water partition coefficient (Wildman–Crippen LogP) is 1.04. The molecule has 0 heterocycles. The number of hydrogen-bond donors (Lipinski definition) is 2. The van der Waals surface area contributed by atoms with E-state index < -0.39 is 0 Å². The van der Waals surface area contributed by atoms with Crippen molar-refractivity contribution in [3.05, 3.63) is 0 Å². The number of hydroxylamine groups is 1. The van der Waals surface area contributed by atoms with Crippen LogP contribution in [0, 0.1) is 5.92 Å². The Bertz CT molecular complexity index is 155. The van der Waals surface area contributed by atoms with Crippen LogP contribution < -0.4 is 10.8 Å². The molecule has 0 aromatic rings. The summed E-state index contributed by atoms with van der Waals surface area (Å²) >= 11 is 0. The molecular weight excluding hydrogens is 156 g/mol. The third-order valence-electron chi connectivity index (χ3n) is 1.49. The lowest BCUT2D eigenvalue weighted by molar-refractivity contribution is 0.0440. The van der Waals surface area contributed by atoms with E-state index >= 15 is 0 Å². The molecule has 0 aromatic carbocycles. The van der Waals surface area contributed by atoms with Gasteiger partial charge in [-0.05, 0) is 18.8 Å². The van der Waals surface area contributed by atoms with Crippen molar-refractivity contribution < 1.29 is 9.63 Å². The smallest absolute Gasteiger partial charge is 0.334 e. The minimum absolute atomic E-state index is 0.224. The van der Waals surface area contributed by atoms with Gasteiger partial charge in [0, 0.05) is 6.04 Å². The molecule has 0 spiro atoms. The number of hydrogen-bond acceptors (Lipinski definition) is 2. The molecule has 4 heteroatoms. The molecule has 1 saturated carbocycles. The minimum atomic E-state index is -0.224. The molecule has 0 atom stereocenters. The first-order valence-electron chi connectivity index (χ1n) is 4.37. The van der Waals surface area contributed by atoms with E-state index in [1.165, 1.54) is 0 Å². The zero-order valence-electron chi connectivity index (χ0n) is 7.59. The maximum Gasteiger partial charge on any atom is 0.338 e. The van der Waals surface area contributed by atoms with Gasteiger partial charge in [-0.2, -0.15) is 0 Å². The number of rotatable bonds is 4. The molecule has 1 aliphatic rings. The van der Waals surface area contributed by atoms with E-state index in [0.29, 0.717) is 18.6 Å². The van der Waals surface area contributed by atoms with Crippen LogP contribution in [-0.2, 0) is 4.84 Å². The topological polar surface area (TPSA) is 50.4 Å². The van der Waals surface area contributed by atoms with Gasteiger partial charge in [-0.15, -0.1) is 0 Å². The van der Waals surface area contributed by atoms with E-state index in [1.807, 2.05) is 13.8 Å². The molecule has 0 bridgehead atoms. The van der Waals surface area contributed by atoms with Crippen molar-refractivity contribution in [2.75, 3.05) is 6.61 Å². The highest BCUT2D eigenvalue weighted by molar-refractivity contribution is 5.73. The summed E-state index contributed by atoms with van der Waals surface area (Å²) in [7, 11) is 0. The standard InChI is InChI=1S/C8H16N2O2/c1-6(2)5-12-10-8(11)9-7-3-4-7/h6-7H,3-5H2,1-2H3,(H2,9,10,11). The fourth-order valence-electron chi connectivity index (χ4n) is 0.716. The Morgan fingerprint density at radius 3 is 2.75 bits per heavy atom. The van der Waals surface area contributed by atoms with E-state index in [0.717, 1.165) is 12.8 Å². The molecule has 12 heavy (non-hydrogen) atoms. The Morgan fingerprint density at radius 1 is 1.58 bits per heavy atom. The molecule has 0 unspecified atom stereocenters. The molecule has 2 N–H and O–H groups in total. The summed E-state index contributed by atoms with van der Waals surface area (Å²) in [5.41, 5.74) is 2.34. The molecule has 0 radical (unpaired) electrons. The van der Waals surface area contributed by atoms with Crippen LogP contribution >= 0.6 is 0 Å². The lowest BCUT2D eigenvalue weighted by Crippen LogP contribution is -2.37. The monoisotopic (exact) mass is 172 g/mol. The van der Waals surface area contributed by atoms with Gasteiger partial charge in [0.05, 0.1) is 6.61 Å². The van der Waals surface area contributed by atoms with Crippen LogP contribution in [0.1, 0.15) is 26.7 Å². The molecular formula is C8H16N2O2. The number of urea groups is 1. The number of amides is 2. The van der Waals surface area contributed by atoms with Crippen molar-refractivity contribution >= 4 is 6.03 Å². The van der Waals surface area contributed by atoms with Gasteiger partial charge in [-0.3, -0.25) is 4.84 Å². The van der Waals surface area contributed by atoms with Gasteiger partial charge in [0.2, 0.25) is 0 Å². The minimum Gasteiger partial charge on any atom is -0.334 e. The molecule has 1 rings (SSSR count). The molecule has 1 aliphatic carbocycles. The average Bonchev–Trinajstić information content (AvgIpc) is 2.70. The summed E-state index contributed by atoms with van der Waals surface area (Å²) in [5.74, 6) is 0.436. The number of nitrogens with one attached hydrogen (secondary N) is 2. The molecule has 1 fully saturated rings. The number of carbonyl (C=O) groups excluding carboxylic acids is 1. The van der Waals surface area contributed by atoms with Crippen molar-refractivity contribution in [1.82, 2.24) is 10.8 Å². The SMILES string of the molecule is CC(C)CONC(=O)NC1CC1. The summed E-state index contributed by atoms with van der Waals surface area (Å²) in [6, 6.07) is 0.158. The number of carbonyl (C=O) groups is 1. The van der Waals surface area contributed by atoms with Gasteiger partial charge < -0.3 is 5.32 Å². The van der Waals surface area contributed by atoms with Crippen molar-refractivity contribution in [2.24, 2.45) is 5.92 Å². The fraction of sp³-hybridized carbons (Fsp3) is 0.875. The lowest BCUT2D eigenvalue weighted by atomic mass is 10.2. The van der Waals surface area contributed by atoms with Gasteiger partial charge in [-0.1, -0.05) is 13.8 Å². The summed E-state index contributed by atoms with van der Waals surface area (Å²) < 4.78 is 0. The van der Waals surface area contributed by atoms with Crippen molar-refractivity contribution in [1.29, 1.82) is 0 Å². The van der Waals surface area contributed by atoms with E-state index in [4.69, 9.17) is 4.84 Å². The Hall–Kier alpha value is -0.770. The van der Waals surface area contributed by atoms with Gasteiger partial charge >= 0.3 is 6.03 Å². The van der Waals surface area contributed by atoms with E-state index in [1.54, 1.807) is 0 Å². The van der Waals surface area contributed by atoms with Gasteiger partial charge in [-0.25, -0.2) is 10.3 Å². The van der Waals surface area contributed by atoms with Crippen molar-refractivity contribution in [2.45, 2.75) is 32.7 Å². The molecule has 2 amide bonds. The highest BCUT2D eigenvalue weighted by Gasteiger charge is 2.23. The van der Waals surface area contributed by atoms with Crippen molar-refractivity contribution in [3.8, 4) is 0 Å². The van der Waals surface area contributed by atoms with Crippen LogP contribution in [0.4, 0.5) is 4.79 Å². The third-order valence-corrected chi connectivity index (χ3v) is 1.49. The third kappa shape index (κ3) is 4.18. The molecule has 0 saturated heterocycles. The molecule has 0 aromatic heterocycles. The van der Waals surface area contributed by atoms with Crippen LogP contribution in [0.15, 0.2) is 0 Å². The first-order valence-corrected chi connectivity index (χ1v) is 4.37. The highest BCUT2D eigenvalue weighted by atomic mass is 16.7. The summed E-state index contributed by atoms with van der Waals surface area (Å²) in [5, 5.41) is 2.75. The Labute approximate surface area is 72.6 Å². The predicted molar refractivity (Wildman–Crippen MR) is 45.5 cm³/mol. The second-order valence-electron chi connectivity index (χ2n) is 3.55. The summed E-state index contributed by atoms with van der Waals surface area (Å²) in [6.07, 6.45) is 2.19. The second-order valence-corrected chi connectivity index (χ2v) is 3.55. The van der Waals surface area contributed by atoms with E-state index in [9.17, 15) is 4.79 Å². The molecule has 4 nitrogen and oxygen atoms in total. The van der Waals surface area contributed by atoms with Crippen molar-refractivity contribution in [3.63, 3.8) is 0 Å². The zero-order valence-corrected chi connectivity index (χ0v) is 7.59. The first kappa shape index (κ1) is 9.32. The van der Waals surface area contributed by atoms with Gasteiger partial charge in [0.1, 0.15) is 0 Å².